The van der Waals surface area contributed by atoms with Gasteiger partial charge in [-0.05, 0) is 67.3 Å². The van der Waals surface area contributed by atoms with Gasteiger partial charge in [0.05, 0.1) is 17.5 Å². The molecule has 8 heteroatoms. The molecule has 1 aliphatic heterocycles. The molecule has 0 aromatic heterocycles. The largest absolute Gasteiger partial charge is 0.452 e. The zero-order chi connectivity index (χ0) is 20.5. The molecule has 0 spiro atoms. The summed E-state index contributed by atoms with van der Waals surface area (Å²) in [6.45, 7) is 3.81. The number of rotatable bonds is 5. The Morgan fingerprint density at radius 3 is 2.43 bits per heavy atom. The van der Waals surface area contributed by atoms with Crippen molar-refractivity contribution in [2.75, 3.05) is 29.0 Å². The summed E-state index contributed by atoms with van der Waals surface area (Å²) in [6.07, 6.45) is 1.68. The Morgan fingerprint density at radius 1 is 1.11 bits per heavy atom. The van der Waals surface area contributed by atoms with Crippen LogP contribution in [0.4, 0.5) is 11.4 Å². The predicted molar refractivity (Wildman–Crippen MR) is 107 cm³/mol. The Labute approximate surface area is 164 Å². The molecular weight excluding hydrogens is 380 g/mol. The molecule has 0 radical (unpaired) electrons. The molecule has 0 fully saturated rings. The number of amides is 1. The number of sulfonamides is 1. The molecule has 2 aromatic carbocycles. The monoisotopic (exact) mass is 402 g/mol. The van der Waals surface area contributed by atoms with Gasteiger partial charge in [-0.25, -0.2) is 13.2 Å². The highest BCUT2D eigenvalue weighted by Gasteiger charge is 2.27. The molecule has 1 N–H and O–H groups in total. The highest BCUT2D eigenvalue weighted by atomic mass is 32.2. The van der Waals surface area contributed by atoms with E-state index in [1.54, 1.807) is 12.1 Å². The predicted octanol–water partition coefficient (Wildman–Crippen LogP) is 2.42. The van der Waals surface area contributed by atoms with Crippen molar-refractivity contribution in [2.45, 2.75) is 20.3 Å². The average molecular weight is 402 g/mol. The molecule has 28 heavy (non-hydrogen) atoms. The lowest BCUT2D eigenvalue weighted by molar-refractivity contribution is -0.119. The number of nitrogens with zero attached hydrogens (tertiary/aromatic N) is 1. The van der Waals surface area contributed by atoms with E-state index in [9.17, 15) is 18.0 Å². The molecule has 0 saturated carbocycles. The van der Waals surface area contributed by atoms with Crippen LogP contribution in [0.3, 0.4) is 0 Å². The lowest BCUT2D eigenvalue weighted by atomic mass is 10.1. The van der Waals surface area contributed by atoms with Crippen LogP contribution in [0.1, 0.15) is 27.0 Å². The summed E-state index contributed by atoms with van der Waals surface area (Å²) in [5.41, 5.74) is 4.32. The van der Waals surface area contributed by atoms with Gasteiger partial charge < -0.3 is 10.1 Å². The van der Waals surface area contributed by atoms with Crippen LogP contribution in [-0.4, -0.2) is 39.7 Å². The minimum atomic E-state index is -3.34. The van der Waals surface area contributed by atoms with E-state index < -0.39 is 28.5 Å². The summed E-state index contributed by atoms with van der Waals surface area (Å²) in [7, 11) is -3.34. The molecule has 7 nitrogen and oxygen atoms in total. The van der Waals surface area contributed by atoms with Crippen molar-refractivity contribution in [2.24, 2.45) is 0 Å². The van der Waals surface area contributed by atoms with Gasteiger partial charge in [-0.2, -0.15) is 0 Å². The minimum Gasteiger partial charge on any atom is -0.452 e. The Bertz CT molecular complexity index is 1030. The summed E-state index contributed by atoms with van der Waals surface area (Å²) in [5.74, 6) is -1.06. The number of hydrogen-bond acceptors (Lipinski definition) is 5. The zero-order valence-corrected chi connectivity index (χ0v) is 16.8. The maximum Gasteiger partial charge on any atom is 0.338 e. The first-order valence-corrected chi connectivity index (χ1v) is 10.6. The third-order valence-corrected chi connectivity index (χ3v) is 5.59. The van der Waals surface area contributed by atoms with Crippen molar-refractivity contribution in [3.8, 4) is 0 Å². The lowest BCUT2D eigenvalue weighted by Crippen LogP contribution is -2.27. The van der Waals surface area contributed by atoms with E-state index >= 15 is 0 Å². The first kappa shape index (κ1) is 19.9. The van der Waals surface area contributed by atoms with E-state index in [0.29, 0.717) is 24.3 Å². The molecule has 0 bridgehead atoms. The molecule has 0 aliphatic carbocycles. The molecule has 0 unspecified atom stereocenters. The molecule has 3 rings (SSSR count). The second-order valence-corrected chi connectivity index (χ2v) is 8.84. The van der Waals surface area contributed by atoms with Gasteiger partial charge in [0, 0.05) is 12.2 Å². The number of nitrogens with one attached hydrogen (secondary N) is 1. The fourth-order valence-corrected chi connectivity index (χ4v) is 4.26. The van der Waals surface area contributed by atoms with Gasteiger partial charge in [0.15, 0.2) is 6.61 Å². The summed E-state index contributed by atoms with van der Waals surface area (Å²) in [5, 5.41) is 2.70. The normalized spacial score (nSPS) is 13.2. The van der Waals surface area contributed by atoms with Crippen LogP contribution >= 0.6 is 0 Å². The van der Waals surface area contributed by atoms with Crippen molar-refractivity contribution in [3.63, 3.8) is 0 Å². The molecule has 148 valence electrons. The number of anilines is 2. The van der Waals surface area contributed by atoms with Crippen molar-refractivity contribution < 1.29 is 22.7 Å². The molecule has 0 saturated heterocycles. The number of carbonyl (C=O) groups excluding carboxylic acids is 2. The molecule has 0 atom stereocenters. The van der Waals surface area contributed by atoms with E-state index in [-0.39, 0.29) is 5.56 Å². The maximum atomic E-state index is 12.3. The first-order valence-electron chi connectivity index (χ1n) is 8.79. The van der Waals surface area contributed by atoms with E-state index in [0.717, 1.165) is 22.9 Å². The van der Waals surface area contributed by atoms with Gasteiger partial charge in [-0.3, -0.25) is 9.10 Å². The van der Waals surface area contributed by atoms with E-state index in [1.165, 1.54) is 10.4 Å². The van der Waals surface area contributed by atoms with Crippen molar-refractivity contribution in [3.05, 3.63) is 58.7 Å². The number of esters is 1. The topological polar surface area (TPSA) is 92.8 Å². The highest BCUT2D eigenvalue weighted by molar-refractivity contribution is 7.92. The van der Waals surface area contributed by atoms with Crippen LogP contribution in [0.2, 0.25) is 0 Å². The molecular formula is C20H22N2O5S. The van der Waals surface area contributed by atoms with Gasteiger partial charge in [0.2, 0.25) is 10.0 Å². The third kappa shape index (κ3) is 4.51. The van der Waals surface area contributed by atoms with E-state index in [2.05, 4.69) is 5.32 Å². The zero-order valence-electron chi connectivity index (χ0n) is 16.0. The number of hydrogen-bond donors (Lipinski definition) is 1. The lowest BCUT2D eigenvalue weighted by Gasteiger charge is -2.16. The van der Waals surface area contributed by atoms with Gasteiger partial charge in [0.1, 0.15) is 0 Å². The standard InChI is InChI=1S/C20H22N2O5S/c1-13-8-14(2)10-17(9-13)21-19(23)12-27-20(24)16-4-5-18-15(11-16)6-7-22(18)28(3,25)26/h4-5,8-11H,6-7,12H2,1-3H3,(H,21,23). The van der Waals surface area contributed by atoms with Gasteiger partial charge >= 0.3 is 5.97 Å². The Kier molecular flexibility index (Phi) is 5.42. The van der Waals surface area contributed by atoms with Crippen LogP contribution in [-0.2, 0) is 26.0 Å². The van der Waals surface area contributed by atoms with Crippen LogP contribution in [0.15, 0.2) is 36.4 Å². The van der Waals surface area contributed by atoms with Crippen molar-refractivity contribution >= 4 is 33.3 Å². The average Bonchev–Trinajstić information content (AvgIpc) is 3.02. The fraction of sp³-hybridized carbons (Fsp3) is 0.300. The fourth-order valence-electron chi connectivity index (χ4n) is 3.30. The summed E-state index contributed by atoms with van der Waals surface area (Å²) in [6, 6.07) is 10.4. The first-order chi connectivity index (χ1) is 13.1. The molecule has 1 heterocycles. The quantitative estimate of drug-likeness (QED) is 0.776. The minimum absolute atomic E-state index is 0.285. The van der Waals surface area contributed by atoms with Crippen molar-refractivity contribution in [1.29, 1.82) is 0 Å². The number of fused-ring (bicyclic) bond motifs is 1. The van der Waals surface area contributed by atoms with Crippen LogP contribution < -0.4 is 9.62 Å². The van der Waals surface area contributed by atoms with E-state index in [1.807, 2.05) is 32.0 Å². The molecule has 1 aliphatic rings. The highest BCUT2D eigenvalue weighted by Crippen LogP contribution is 2.30. The number of ether oxygens (including phenoxy) is 1. The van der Waals surface area contributed by atoms with Crippen LogP contribution in [0.5, 0.6) is 0 Å². The van der Waals surface area contributed by atoms with Gasteiger partial charge in [-0.1, -0.05) is 6.07 Å². The van der Waals surface area contributed by atoms with Crippen LogP contribution in [0.25, 0.3) is 0 Å². The van der Waals surface area contributed by atoms with Crippen LogP contribution in [0, 0.1) is 13.8 Å². The van der Waals surface area contributed by atoms with Crippen molar-refractivity contribution in [1.82, 2.24) is 0 Å². The number of carbonyl (C=O) groups is 2. The second-order valence-electron chi connectivity index (χ2n) is 6.93. The summed E-state index contributed by atoms with van der Waals surface area (Å²) in [4.78, 5) is 24.3. The Hall–Kier alpha value is -2.87. The Morgan fingerprint density at radius 2 is 1.79 bits per heavy atom. The SMILES string of the molecule is Cc1cc(C)cc(NC(=O)COC(=O)c2ccc3c(c2)CCN3S(C)(=O)=O)c1. The second kappa shape index (κ2) is 7.63. The summed E-state index contributed by atoms with van der Waals surface area (Å²) < 4.78 is 30.0. The third-order valence-electron chi connectivity index (χ3n) is 4.41. The number of aryl methyl sites for hydroxylation is 2. The smallest absolute Gasteiger partial charge is 0.338 e. The van der Waals surface area contributed by atoms with Gasteiger partial charge in [0.25, 0.3) is 5.91 Å². The Balaban J connectivity index is 1.62. The number of benzene rings is 2. The molecule has 1 amide bonds. The van der Waals surface area contributed by atoms with E-state index in [4.69, 9.17) is 4.74 Å². The summed E-state index contributed by atoms with van der Waals surface area (Å²) >= 11 is 0. The van der Waals surface area contributed by atoms with Gasteiger partial charge in [-0.15, -0.1) is 0 Å². The maximum absolute atomic E-state index is 12.3. The molecule has 2 aromatic rings.